The van der Waals surface area contributed by atoms with Crippen LogP contribution in [0.1, 0.15) is 29.9 Å². The molecule has 0 aromatic heterocycles. The van der Waals surface area contributed by atoms with Crippen LogP contribution in [-0.4, -0.2) is 5.84 Å². The predicted octanol–water partition coefficient (Wildman–Crippen LogP) is 6.18. The Hall–Kier alpha value is -2.84. The summed E-state index contributed by atoms with van der Waals surface area (Å²) in [6, 6.07) is 18.0. The number of nitrogens with two attached hydrogens (primary N) is 1. The first-order chi connectivity index (χ1) is 13.7. The molecule has 0 saturated heterocycles. The third kappa shape index (κ3) is 4.35. The number of nitrogens with zero attached hydrogens (tertiary/aromatic N) is 1. The number of amidine groups is 1. The van der Waals surface area contributed by atoms with Gasteiger partial charge in [0.05, 0.1) is 5.70 Å². The van der Waals surface area contributed by atoms with Crippen molar-refractivity contribution in [3.05, 3.63) is 118 Å². The SMILES string of the molecule is NC(=NC1=CC(C2=CC(c3cccc(Cl)c3)CC=C2)CC=C1)c1ccccc1. The molecule has 0 saturated carbocycles. The van der Waals surface area contributed by atoms with Crippen LogP contribution in [0, 0.1) is 5.92 Å². The van der Waals surface area contributed by atoms with Crippen LogP contribution in [0.3, 0.4) is 0 Å². The van der Waals surface area contributed by atoms with Crippen molar-refractivity contribution in [1.82, 2.24) is 0 Å². The molecule has 2 N–H and O–H groups in total. The van der Waals surface area contributed by atoms with Crippen LogP contribution in [0.15, 0.2) is 107 Å². The lowest BCUT2D eigenvalue weighted by Gasteiger charge is -2.23. The first-order valence-electron chi connectivity index (χ1n) is 9.61. The van der Waals surface area contributed by atoms with Crippen molar-refractivity contribution < 1.29 is 0 Å². The Bertz CT molecular complexity index is 996. The summed E-state index contributed by atoms with van der Waals surface area (Å²) < 4.78 is 0. The summed E-state index contributed by atoms with van der Waals surface area (Å²) in [4.78, 5) is 4.64. The summed E-state index contributed by atoms with van der Waals surface area (Å²) in [5.74, 6) is 1.21. The molecule has 2 nitrogen and oxygen atoms in total. The van der Waals surface area contributed by atoms with Gasteiger partial charge in [0.2, 0.25) is 0 Å². The molecule has 2 aromatic rings. The van der Waals surface area contributed by atoms with Crippen LogP contribution in [0.2, 0.25) is 5.02 Å². The fraction of sp³-hybridized carbons (Fsp3) is 0.160. The number of halogens is 1. The minimum absolute atomic E-state index is 0.311. The lowest BCUT2D eigenvalue weighted by atomic mass is 9.83. The second kappa shape index (κ2) is 8.45. The number of allylic oxidation sites excluding steroid dienone is 7. The third-order valence-electron chi connectivity index (χ3n) is 5.17. The minimum Gasteiger partial charge on any atom is -0.383 e. The van der Waals surface area contributed by atoms with E-state index in [-0.39, 0.29) is 0 Å². The Balaban J connectivity index is 1.57. The summed E-state index contributed by atoms with van der Waals surface area (Å²) in [5, 5.41) is 0.788. The van der Waals surface area contributed by atoms with Crippen LogP contribution in [0.25, 0.3) is 0 Å². The topological polar surface area (TPSA) is 38.4 Å². The normalized spacial score (nSPS) is 22.0. The molecule has 2 atom stereocenters. The van der Waals surface area contributed by atoms with Crippen molar-refractivity contribution in [2.45, 2.75) is 18.8 Å². The van der Waals surface area contributed by atoms with E-state index in [0.29, 0.717) is 17.7 Å². The average molecular weight is 387 g/mol. The van der Waals surface area contributed by atoms with E-state index in [4.69, 9.17) is 17.3 Å². The number of aliphatic imine (C=N–C) groups is 1. The molecule has 0 spiro atoms. The summed E-state index contributed by atoms with van der Waals surface area (Å²) >= 11 is 6.18. The van der Waals surface area contributed by atoms with Gasteiger partial charge in [-0.15, -0.1) is 0 Å². The van der Waals surface area contributed by atoms with E-state index < -0.39 is 0 Å². The molecule has 0 bridgehead atoms. The maximum Gasteiger partial charge on any atom is 0.131 e. The number of benzene rings is 2. The summed E-state index contributed by atoms with van der Waals surface area (Å²) in [6.45, 7) is 0. The molecule has 0 heterocycles. The molecule has 0 amide bonds. The number of hydrogen-bond donors (Lipinski definition) is 1. The number of rotatable bonds is 4. The van der Waals surface area contributed by atoms with Crippen molar-refractivity contribution in [3.8, 4) is 0 Å². The van der Waals surface area contributed by atoms with Gasteiger partial charge in [0.15, 0.2) is 0 Å². The maximum absolute atomic E-state index is 6.20. The maximum atomic E-state index is 6.20. The molecule has 3 heteroatoms. The molecule has 2 unspecified atom stereocenters. The highest BCUT2D eigenvalue weighted by Crippen LogP contribution is 2.34. The summed E-state index contributed by atoms with van der Waals surface area (Å²) in [6.07, 6.45) is 15.3. The van der Waals surface area contributed by atoms with Crippen LogP contribution in [-0.2, 0) is 0 Å². The minimum atomic E-state index is 0.311. The van der Waals surface area contributed by atoms with Gasteiger partial charge < -0.3 is 5.73 Å². The second-order valence-corrected chi connectivity index (χ2v) is 7.60. The molecule has 140 valence electrons. The fourth-order valence-electron chi connectivity index (χ4n) is 3.71. The van der Waals surface area contributed by atoms with Crippen molar-refractivity contribution in [2.75, 3.05) is 0 Å². The quantitative estimate of drug-likeness (QED) is 0.494. The van der Waals surface area contributed by atoms with E-state index in [0.717, 1.165) is 29.1 Å². The molecular formula is C25H23ClN2. The van der Waals surface area contributed by atoms with Crippen molar-refractivity contribution in [2.24, 2.45) is 16.6 Å². The van der Waals surface area contributed by atoms with Gasteiger partial charge in [-0.3, -0.25) is 0 Å². The standard InChI is InChI=1S/C25H23ClN2/c26-23-13-5-11-21(16-23)19-9-4-10-20(15-19)22-12-6-14-24(17-22)28-25(27)18-7-2-1-3-8-18/h1-8,10-11,13-17,19,22H,9,12H2,(H2,27,28). The third-order valence-corrected chi connectivity index (χ3v) is 5.40. The highest BCUT2D eigenvalue weighted by atomic mass is 35.5. The van der Waals surface area contributed by atoms with E-state index in [1.807, 2.05) is 48.5 Å². The highest BCUT2D eigenvalue weighted by molar-refractivity contribution is 6.30. The first-order valence-corrected chi connectivity index (χ1v) is 9.98. The molecule has 0 fully saturated rings. The van der Waals surface area contributed by atoms with Gasteiger partial charge in [-0.1, -0.05) is 84.4 Å². The fourth-order valence-corrected chi connectivity index (χ4v) is 3.91. The van der Waals surface area contributed by atoms with Crippen LogP contribution in [0.5, 0.6) is 0 Å². The first kappa shape index (κ1) is 18.5. The van der Waals surface area contributed by atoms with Gasteiger partial charge >= 0.3 is 0 Å². The monoisotopic (exact) mass is 386 g/mol. The van der Waals surface area contributed by atoms with E-state index in [2.05, 4.69) is 47.5 Å². The largest absolute Gasteiger partial charge is 0.383 e. The summed E-state index contributed by atoms with van der Waals surface area (Å²) in [5.41, 5.74) is 10.6. The lowest BCUT2D eigenvalue weighted by molar-refractivity contribution is 0.739. The Morgan fingerprint density at radius 2 is 1.68 bits per heavy atom. The van der Waals surface area contributed by atoms with E-state index >= 15 is 0 Å². The molecule has 2 aromatic carbocycles. The molecule has 2 aliphatic carbocycles. The molecule has 4 rings (SSSR count). The van der Waals surface area contributed by atoms with Gasteiger partial charge in [0, 0.05) is 22.4 Å². The van der Waals surface area contributed by atoms with Gasteiger partial charge in [-0.2, -0.15) is 0 Å². The van der Waals surface area contributed by atoms with Crippen molar-refractivity contribution in [1.29, 1.82) is 0 Å². The lowest BCUT2D eigenvalue weighted by Crippen LogP contribution is -2.14. The predicted molar refractivity (Wildman–Crippen MR) is 119 cm³/mol. The van der Waals surface area contributed by atoms with Crippen LogP contribution in [0.4, 0.5) is 0 Å². The van der Waals surface area contributed by atoms with Crippen molar-refractivity contribution >= 4 is 17.4 Å². The Labute approximate surface area is 171 Å². The molecule has 28 heavy (non-hydrogen) atoms. The van der Waals surface area contributed by atoms with Gasteiger partial charge in [0.1, 0.15) is 5.84 Å². The summed E-state index contributed by atoms with van der Waals surface area (Å²) in [7, 11) is 0. The zero-order valence-corrected chi connectivity index (χ0v) is 16.4. The number of hydrogen-bond acceptors (Lipinski definition) is 1. The van der Waals surface area contributed by atoms with Crippen LogP contribution >= 0.6 is 11.6 Å². The highest BCUT2D eigenvalue weighted by Gasteiger charge is 2.18. The van der Waals surface area contributed by atoms with E-state index in [1.165, 1.54) is 11.1 Å². The molecular weight excluding hydrogens is 364 g/mol. The zero-order chi connectivity index (χ0) is 19.3. The Morgan fingerprint density at radius 1 is 0.893 bits per heavy atom. The van der Waals surface area contributed by atoms with Gasteiger partial charge in [-0.25, -0.2) is 4.99 Å². The molecule has 0 aliphatic heterocycles. The zero-order valence-electron chi connectivity index (χ0n) is 15.6. The molecule has 2 aliphatic rings. The Morgan fingerprint density at radius 3 is 2.50 bits per heavy atom. The molecule has 0 radical (unpaired) electrons. The van der Waals surface area contributed by atoms with E-state index in [1.54, 1.807) is 0 Å². The second-order valence-electron chi connectivity index (χ2n) is 7.17. The van der Waals surface area contributed by atoms with Gasteiger partial charge in [0.25, 0.3) is 0 Å². The van der Waals surface area contributed by atoms with E-state index in [9.17, 15) is 0 Å². The van der Waals surface area contributed by atoms with Gasteiger partial charge in [-0.05, 0) is 42.2 Å². The van der Waals surface area contributed by atoms with Crippen molar-refractivity contribution in [3.63, 3.8) is 0 Å². The Kier molecular flexibility index (Phi) is 5.59. The smallest absolute Gasteiger partial charge is 0.131 e. The van der Waals surface area contributed by atoms with Crippen LogP contribution < -0.4 is 5.73 Å². The average Bonchev–Trinajstić information content (AvgIpc) is 2.75.